The van der Waals surface area contributed by atoms with Gasteiger partial charge in [-0.05, 0) is 31.5 Å². The Labute approximate surface area is 139 Å². The lowest BCUT2D eigenvalue weighted by molar-refractivity contribution is -0.126. The Morgan fingerprint density at radius 3 is 2.68 bits per heavy atom. The molecule has 0 heterocycles. The highest BCUT2D eigenvalue weighted by Gasteiger charge is 2.27. The number of nitrogens with one attached hydrogen (secondary N) is 1. The summed E-state index contributed by atoms with van der Waals surface area (Å²) in [5.74, 6) is -0.378. The molecule has 0 aromatic heterocycles. The minimum absolute atomic E-state index is 0. The number of carbonyl (C=O) groups is 1. The lowest BCUT2D eigenvalue weighted by atomic mass is 9.96. The molecule has 8 heteroatoms. The quantitative estimate of drug-likeness (QED) is 0.785. The zero-order chi connectivity index (χ0) is 16.0. The molecule has 0 aliphatic heterocycles. The molecule has 0 saturated carbocycles. The van der Waals surface area contributed by atoms with E-state index in [0.717, 1.165) is 6.42 Å². The van der Waals surface area contributed by atoms with Crippen LogP contribution < -0.4 is 15.8 Å². The summed E-state index contributed by atoms with van der Waals surface area (Å²) < 4.78 is 29.0. The van der Waals surface area contributed by atoms with E-state index >= 15 is 0 Å². The summed E-state index contributed by atoms with van der Waals surface area (Å²) in [6.45, 7) is 0.614. The molecular formula is C14H20Cl2F2N2O2. The normalized spacial score (nSPS) is 13.2. The molecular weight excluding hydrogens is 337 g/mol. The number of hydrogen-bond donors (Lipinski definition) is 2. The van der Waals surface area contributed by atoms with Crippen LogP contribution in [0.2, 0.25) is 5.02 Å². The van der Waals surface area contributed by atoms with Crippen LogP contribution in [0.25, 0.3) is 0 Å². The number of rotatable bonds is 7. The van der Waals surface area contributed by atoms with Crippen LogP contribution in [0.5, 0.6) is 5.75 Å². The summed E-state index contributed by atoms with van der Waals surface area (Å²) in [4.78, 5) is 12.0. The van der Waals surface area contributed by atoms with Gasteiger partial charge in [-0.2, -0.15) is 8.78 Å². The summed E-state index contributed by atoms with van der Waals surface area (Å²) in [5.41, 5.74) is 5.26. The Balaban J connectivity index is 0.00000441. The number of ether oxygens (including phenoxy) is 1. The number of nitrogens with two attached hydrogens (primary N) is 1. The van der Waals surface area contributed by atoms with Crippen LogP contribution in [0.4, 0.5) is 8.78 Å². The number of benzene rings is 1. The molecule has 22 heavy (non-hydrogen) atoms. The highest BCUT2D eigenvalue weighted by atomic mass is 35.5. The van der Waals surface area contributed by atoms with Gasteiger partial charge in [0, 0.05) is 17.1 Å². The molecule has 0 aliphatic carbocycles. The van der Waals surface area contributed by atoms with E-state index in [2.05, 4.69) is 10.1 Å². The van der Waals surface area contributed by atoms with Crippen molar-refractivity contribution in [2.24, 2.45) is 5.73 Å². The molecule has 1 atom stereocenters. The second kappa shape index (κ2) is 9.12. The fourth-order valence-corrected chi connectivity index (χ4v) is 2.10. The predicted octanol–water partition coefficient (Wildman–Crippen LogP) is 3.50. The molecule has 4 nitrogen and oxygen atoms in total. The van der Waals surface area contributed by atoms with Gasteiger partial charge < -0.3 is 15.8 Å². The van der Waals surface area contributed by atoms with Crippen molar-refractivity contribution in [2.75, 3.05) is 0 Å². The number of hydrogen-bond acceptors (Lipinski definition) is 3. The van der Waals surface area contributed by atoms with Gasteiger partial charge in [-0.1, -0.05) is 24.9 Å². The maximum atomic E-state index is 12.3. The van der Waals surface area contributed by atoms with Gasteiger partial charge in [0.1, 0.15) is 5.75 Å². The van der Waals surface area contributed by atoms with Crippen LogP contribution in [-0.2, 0) is 11.3 Å². The first-order valence-corrected chi connectivity index (χ1v) is 6.94. The van der Waals surface area contributed by atoms with Gasteiger partial charge in [-0.25, -0.2) is 0 Å². The van der Waals surface area contributed by atoms with Crippen molar-refractivity contribution >= 4 is 29.9 Å². The average molecular weight is 357 g/mol. The smallest absolute Gasteiger partial charge is 0.387 e. The lowest BCUT2D eigenvalue weighted by Gasteiger charge is -2.23. The van der Waals surface area contributed by atoms with Crippen molar-refractivity contribution in [3.63, 3.8) is 0 Å². The molecule has 1 unspecified atom stereocenters. The van der Waals surface area contributed by atoms with Crippen LogP contribution in [0.15, 0.2) is 18.2 Å². The van der Waals surface area contributed by atoms with E-state index in [1.165, 1.54) is 18.2 Å². The van der Waals surface area contributed by atoms with Crippen LogP contribution >= 0.6 is 24.0 Å². The fraction of sp³-hybridized carbons (Fsp3) is 0.500. The number of carbonyl (C=O) groups excluding carboxylic acids is 1. The first-order chi connectivity index (χ1) is 9.76. The van der Waals surface area contributed by atoms with Crippen molar-refractivity contribution in [1.82, 2.24) is 5.32 Å². The van der Waals surface area contributed by atoms with Crippen molar-refractivity contribution in [2.45, 2.75) is 45.4 Å². The first kappa shape index (κ1) is 20.9. The molecule has 0 spiro atoms. The molecule has 0 saturated heterocycles. The number of amides is 1. The monoisotopic (exact) mass is 356 g/mol. The summed E-state index contributed by atoms with van der Waals surface area (Å²) >= 11 is 5.83. The topological polar surface area (TPSA) is 64.4 Å². The molecule has 0 aliphatic rings. The molecule has 1 rings (SSSR count). The second-order valence-electron chi connectivity index (χ2n) is 4.98. The van der Waals surface area contributed by atoms with Gasteiger partial charge in [0.25, 0.3) is 0 Å². The van der Waals surface area contributed by atoms with Gasteiger partial charge in [0.2, 0.25) is 5.91 Å². The zero-order valence-corrected chi connectivity index (χ0v) is 13.9. The van der Waals surface area contributed by atoms with Gasteiger partial charge in [0.15, 0.2) is 0 Å². The van der Waals surface area contributed by atoms with E-state index in [9.17, 15) is 13.6 Å². The van der Waals surface area contributed by atoms with E-state index < -0.39 is 12.2 Å². The van der Waals surface area contributed by atoms with Crippen molar-refractivity contribution < 1.29 is 18.3 Å². The summed E-state index contributed by atoms with van der Waals surface area (Å²) in [7, 11) is 0. The average Bonchev–Trinajstić information content (AvgIpc) is 2.38. The fourth-order valence-electron chi connectivity index (χ4n) is 1.91. The van der Waals surface area contributed by atoms with Crippen LogP contribution in [0, 0.1) is 0 Å². The SMILES string of the molecule is CCCC(C)(N)C(=O)NCc1cc(Cl)ccc1OC(F)F.Cl. The summed E-state index contributed by atoms with van der Waals surface area (Å²) in [6, 6.07) is 4.24. The van der Waals surface area contributed by atoms with E-state index in [4.69, 9.17) is 17.3 Å². The molecule has 0 fully saturated rings. The largest absolute Gasteiger partial charge is 0.434 e. The van der Waals surface area contributed by atoms with Crippen molar-refractivity contribution in [3.05, 3.63) is 28.8 Å². The second-order valence-corrected chi connectivity index (χ2v) is 5.42. The van der Waals surface area contributed by atoms with Crippen LogP contribution in [-0.4, -0.2) is 18.1 Å². The van der Waals surface area contributed by atoms with Crippen LogP contribution in [0.3, 0.4) is 0 Å². The number of alkyl halides is 2. The highest BCUT2D eigenvalue weighted by Crippen LogP contribution is 2.24. The standard InChI is InChI=1S/C14H19ClF2N2O2.ClH/c1-3-6-14(2,18)12(20)19-8-9-7-10(15)4-5-11(9)21-13(16)17;/h4-5,7,13H,3,6,8,18H2,1-2H3,(H,19,20);1H. The Hall–Kier alpha value is -1.11. The van der Waals surface area contributed by atoms with E-state index in [1.807, 2.05) is 6.92 Å². The Morgan fingerprint density at radius 2 is 2.14 bits per heavy atom. The summed E-state index contributed by atoms with van der Waals surface area (Å²) in [5, 5.41) is 2.98. The highest BCUT2D eigenvalue weighted by molar-refractivity contribution is 6.30. The lowest BCUT2D eigenvalue weighted by Crippen LogP contribution is -2.51. The van der Waals surface area contributed by atoms with Crippen molar-refractivity contribution in [3.8, 4) is 5.75 Å². The Bertz CT molecular complexity index is 500. The molecule has 1 aromatic rings. The summed E-state index contributed by atoms with van der Waals surface area (Å²) in [6.07, 6.45) is 1.28. The molecule has 1 amide bonds. The van der Waals surface area contributed by atoms with Gasteiger partial charge in [-0.3, -0.25) is 4.79 Å². The minimum Gasteiger partial charge on any atom is -0.434 e. The first-order valence-electron chi connectivity index (χ1n) is 6.56. The molecule has 0 radical (unpaired) electrons. The Morgan fingerprint density at radius 1 is 1.50 bits per heavy atom. The maximum Gasteiger partial charge on any atom is 0.387 e. The van der Waals surface area contributed by atoms with E-state index in [-0.39, 0.29) is 30.6 Å². The van der Waals surface area contributed by atoms with E-state index in [1.54, 1.807) is 6.92 Å². The third kappa shape index (κ3) is 6.34. The zero-order valence-electron chi connectivity index (χ0n) is 12.4. The molecule has 1 aromatic carbocycles. The van der Waals surface area contributed by atoms with Crippen LogP contribution in [0.1, 0.15) is 32.3 Å². The Kier molecular flexibility index (Phi) is 8.66. The van der Waals surface area contributed by atoms with Gasteiger partial charge in [-0.15, -0.1) is 12.4 Å². The van der Waals surface area contributed by atoms with Crippen molar-refractivity contribution in [1.29, 1.82) is 0 Å². The molecule has 0 bridgehead atoms. The molecule has 3 N–H and O–H groups in total. The third-order valence-corrected chi connectivity index (χ3v) is 3.20. The van der Waals surface area contributed by atoms with Gasteiger partial charge in [0.05, 0.1) is 5.54 Å². The predicted molar refractivity (Wildman–Crippen MR) is 84.7 cm³/mol. The van der Waals surface area contributed by atoms with Gasteiger partial charge >= 0.3 is 6.61 Å². The maximum absolute atomic E-state index is 12.3. The third-order valence-electron chi connectivity index (χ3n) is 2.97. The minimum atomic E-state index is -2.94. The molecule has 126 valence electrons. The number of halogens is 4. The van der Waals surface area contributed by atoms with E-state index in [0.29, 0.717) is 17.0 Å².